The van der Waals surface area contributed by atoms with Gasteiger partial charge in [0.25, 0.3) is 6.43 Å². The number of anilines is 1. The molecule has 2 aromatic heterocycles. The lowest BCUT2D eigenvalue weighted by molar-refractivity contribution is -0.234. The van der Waals surface area contributed by atoms with Crippen LogP contribution in [-0.2, 0) is 16.1 Å². The van der Waals surface area contributed by atoms with Crippen molar-refractivity contribution in [3.8, 4) is 11.4 Å². The number of aromatic nitrogens is 4. The summed E-state index contributed by atoms with van der Waals surface area (Å²) in [6.45, 7) is -0.466. The number of ether oxygens (including phenoxy) is 1. The van der Waals surface area contributed by atoms with Gasteiger partial charge in [-0.2, -0.15) is 13.2 Å². The number of rotatable bonds is 8. The Morgan fingerprint density at radius 1 is 1.39 bits per heavy atom. The molecule has 3 atom stereocenters. The molecule has 3 rings (SSSR count). The molecule has 0 bridgehead atoms. The Balaban J connectivity index is 1.79. The van der Waals surface area contributed by atoms with Gasteiger partial charge >= 0.3 is 6.18 Å². The summed E-state index contributed by atoms with van der Waals surface area (Å²) in [7, 11) is 0. The second-order valence-corrected chi connectivity index (χ2v) is 8.23. The predicted octanol–water partition coefficient (Wildman–Crippen LogP) is 2.18. The molecule has 1 fully saturated rings. The number of hydrogen-bond acceptors (Lipinski definition) is 8. The number of H-pyrrole nitrogens is 1. The highest BCUT2D eigenvalue weighted by molar-refractivity contribution is 7.88. The van der Waals surface area contributed by atoms with E-state index in [-0.39, 0.29) is 24.7 Å². The first-order valence-electron chi connectivity index (χ1n) is 9.49. The largest absolute Gasteiger partial charge is 0.598 e. The van der Waals surface area contributed by atoms with Crippen LogP contribution in [0.4, 0.5) is 27.8 Å². The molecule has 1 saturated heterocycles. The molecule has 33 heavy (non-hydrogen) atoms. The first-order chi connectivity index (χ1) is 15.5. The van der Waals surface area contributed by atoms with E-state index in [0.29, 0.717) is 11.4 Å². The van der Waals surface area contributed by atoms with Gasteiger partial charge in [-0.25, -0.2) is 23.7 Å². The molecule has 9 nitrogen and oxygen atoms in total. The maximum Gasteiger partial charge on any atom is 0.416 e. The predicted molar refractivity (Wildman–Crippen MR) is 111 cm³/mol. The smallest absolute Gasteiger partial charge is 0.416 e. The molecule has 3 heterocycles. The number of morpholine rings is 1. The monoisotopic (exact) mass is 493 g/mol. The van der Waals surface area contributed by atoms with Crippen LogP contribution in [0.3, 0.4) is 0 Å². The fourth-order valence-electron chi connectivity index (χ4n) is 2.99. The van der Waals surface area contributed by atoms with Gasteiger partial charge in [0.15, 0.2) is 6.10 Å². The summed E-state index contributed by atoms with van der Waals surface area (Å²) in [5.41, 5.74) is -0.183. The molecule has 15 heteroatoms. The number of allylic oxidation sites excluding steroid dienone is 1. The highest BCUT2D eigenvalue weighted by atomic mass is 32.2. The fourth-order valence-corrected chi connectivity index (χ4v) is 3.41. The minimum Gasteiger partial charge on any atom is -0.598 e. The molecular weight excluding hydrogens is 473 g/mol. The summed E-state index contributed by atoms with van der Waals surface area (Å²) < 4.78 is 83.9. The van der Waals surface area contributed by atoms with E-state index in [1.807, 2.05) is 0 Å². The zero-order chi connectivity index (χ0) is 24.2. The average molecular weight is 493 g/mol. The Morgan fingerprint density at radius 3 is 2.82 bits per heavy atom. The van der Waals surface area contributed by atoms with Gasteiger partial charge < -0.3 is 19.2 Å². The Bertz CT molecular complexity index is 985. The highest BCUT2D eigenvalue weighted by Gasteiger charge is 2.46. The normalized spacial score (nSPS) is 20.5. The van der Waals surface area contributed by atoms with Gasteiger partial charge in [-0.05, 0) is 12.2 Å². The van der Waals surface area contributed by atoms with E-state index < -0.39 is 48.4 Å². The maximum atomic E-state index is 13.4. The minimum absolute atomic E-state index is 0.0476. The number of hydrogen-bond donors (Lipinski definition) is 3. The van der Waals surface area contributed by atoms with E-state index in [1.165, 1.54) is 35.8 Å². The third-order valence-electron chi connectivity index (χ3n) is 4.55. The second kappa shape index (κ2) is 10.5. The molecule has 1 aliphatic rings. The Labute approximate surface area is 188 Å². The standard InChI is InChI=1S/C18H20F5N7O2S/c1-33(31)28-5-10-7-30(8-14(32-10)18(21,22)23)16-4-12(26-9-27-16)13-6-25-15(29-13)3-2-11(24)17(19)20/h2-4,6,9-10,14,17,24,28H,5,7-8H2,1H3,(H,25,29)/b3-2-,24-11?/t10-,14-,33?/m1/s1. The van der Waals surface area contributed by atoms with Gasteiger partial charge in [0, 0.05) is 24.0 Å². The number of alkyl halides is 5. The fraction of sp³-hybridized carbons (Fsp3) is 0.444. The highest BCUT2D eigenvalue weighted by Crippen LogP contribution is 2.30. The lowest BCUT2D eigenvalue weighted by Gasteiger charge is -2.39. The second-order valence-electron chi connectivity index (χ2n) is 7.03. The van der Waals surface area contributed by atoms with E-state index in [2.05, 4.69) is 24.7 Å². The van der Waals surface area contributed by atoms with Crippen LogP contribution < -0.4 is 9.62 Å². The molecule has 3 N–H and O–H groups in total. The molecule has 1 aliphatic heterocycles. The summed E-state index contributed by atoms with van der Waals surface area (Å²) in [5, 5.41) is 7.12. The summed E-state index contributed by atoms with van der Waals surface area (Å²) in [6, 6.07) is 1.46. The molecule has 0 radical (unpaired) electrons. The number of nitrogens with zero attached hydrogens (tertiary/aromatic N) is 4. The van der Waals surface area contributed by atoms with Crippen LogP contribution in [0.25, 0.3) is 17.5 Å². The van der Waals surface area contributed by atoms with Gasteiger partial charge in [-0.15, -0.1) is 4.72 Å². The van der Waals surface area contributed by atoms with E-state index in [1.54, 1.807) is 0 Å². The van der Waals surface area contributed by atoms with E-state index in [0.717, 1.165) is 6.08 Å². The van der Waals surface area contributed by atoms with E-state index in [4.69, 9.17) is 10.1 Å². The Morgan fingerprint density at radius 2 is 2.15 bits per heavy atom. The van der Waals surface area contributed by atoms with Crippen molar-refractivity contribution in [2.45, 2.75) is 24.8 Å². The van der Waals surface area contributed by atoms with Crippen molar-refractivity contribution in [3.05, 3.63) is 30.5 Å². The van der Waals surface area contributed by atoms with Crippen LogP contribution in [0.5, 0.6) is 0 Å². The lowest BCUT2D eigenvalue weighted by atomic mass is 10.2. The molecule has 1 unspecified atom stereocenters. The SMILES string of the molecule is C[S+]([O-])NC[C@@H]1CN(c2cc(-c3cnc(/C=C\C(=N)C(F)F)[nH]3)ncn2)C[C@H](C(F)(F)F)O1. The number of halogens is 5. The molecule has 180 valence electrons. The zero-order valence-electron chi connectivity index (χ0n) is 17.1. The first kappa shape index (κ1) is 25.0. The first-order valence-corrected chi connectivity index (χ1v) is 11.0. The van der Waals surface area contributed by atoms with Gasteiger partial charge in [0.05, 0.1) is 42.5 Å². The van der Waals surface area contributed by atoms with Crippen molar-refractivity contribution in [2.24, 2.45) is 0 Å². The zero-order valence-corrected chi connectivity index (χ0v) is 18.0. The quantitative estimate of drug-likeness (QED) is 0.292. The summed E-state index contributed by atoms with van der Waals surface area (Å²) in [5.74, 6) is 0.407. The molecular formula is C18H20F5N7O2S. The van der Waals surface area contributed by atoms with Crippen LogP contribution in [-0.4, -0.2) is 80.9 Å². The average Bonchev–Trinajstić information content (AvgIpc) is 3.24. The van der Waals surface area contributed by atoms with E-state index in [9.17, 15) is 26.5 Å². The number of imidazole rings is 1. The van der Waals surface area contributed by atoms with Crippen LogP contribution in [0.15, 0.2) is 24.7 Å². The van der Waals surface area contributed by atoms with Crippen molar-refractivity contribution in [3.63, 3.8) is 0 Å². The summed E-state index contributed by atoms with van der Waals surface area (Å²) in [4.78, 5) is 16.4. The minimum atomic E-state index is -4.60. The van der Waals surface area contributed by atoms with Gasteiger partial charge in [0.2, 0.25) is 0 Å². The molecule has 0 aliphatic carbocycles. The topological polar surface area (TPSA) is 126 Å². The van der Waals surface area contributed by atoms with Crippen molar-refractivity contribution in [1.29, 1.82) is 5.41 Å². The van der Waals surface area contributed by atoms with Crippen molar-refractivity contribution >= 4 is 29.0 Å². The maximum absolute atomic E-state index is 13.4. The Kier molecular flexibility index (Phi) is 7.99. The van der Waals surface area contributed by atoms with Crippen LogP contribution in [0, 0.1) is 5.41 Å². The molecule has 0 aromatic carbocycles. The lowest BCUT2D eigenvalue weighted by Crippen LogP contribution is -2.56. The van der Waals surface area contributed by atoms with Gasteiger partial charge in [-0.3, -0.25) is 5.41 Å². The third kappa shape index (κ3) is 6.93. The van der Waals surface area contributed by atoms with Crippen LogP contribution in [0.2, 0.25) is 0 Å². The third-order valence-corrected chi connectivity index (χ3v) is 5.12. The molecule has 0 amide bonds. The van der Waals surface area contributed by atoms with Gasteiger partial charge in [0.1, 0.15) is 24.2 Å². The van der Waals surface area contributed by atoms with Crippen molar-refractivity contribution in [2.75, 3.05) is 30.8 Å². The van der Waals surface area contributed by atoms with Crippen LogP contribution in [0.1, 0.15) is 5.82 Å². The summed E-state index contributed by atoms with van der Waals surface area (Å²) in [6.07, 6.45) is -4.44. The van der Waals surface area contributed by atoms with E-state index >= 15 is 0 Å². The number of nitrogens with one attached hydrogen (secondary N) is 3. The van der Waals surface area contributed by atoms with Gasteiger partial charge in [-0.1, -0.05) is 0 Å². The van der Waals surface area contributed by atoms with Crippen LogP contribution >= 0.6 is 0 Å². The Hall–Kier alpha value is -2.62. The summed E-state index contributed by atoms with van der Waals surface area (Å²) >= 11 is -1.42. The molecule has 0 spiro atoms. The van der Waals surface area contributed by atoms with Crippen molar-refractivity contribution in [1.82, 2.24) is 24.7 Å². The molecule has 2 aromatic rings. The number of aromatic amines is 1. The molecule has 0 saturated carbocycles. The van der Waals surface area contributed by atoms with Crippen molar-refractivity contribution < 1.29 is 31.2 Å².